The number of aliphatic hydroxyl groups is 1. The first-order chi connectivity index (χ1) is 8.49. The smallest absolute Gasteiger partial charge is 0.232 e. The number of hydrogen-bond donors (Lipinski definition) is 1. The Hall–Kier alpha value is -1.69. The summed E-state index contributed by atoms with van der Waals surface area (Å²) in [6, 6.07) is 0. The average molecular weight is 250 g/mol. The van der Waals surface area contributed by atoms with Crippen molar-refractivity contribution < 1.29 is 9.63 Å². The van der Waals surface area contributed by atoms with Gasteiger partial charge in [0.2, 0.25) is 11.7 Å². The molecule has 2 unspecified atom stereocenters. The van der Waals surface area contributed by atoms with Crippen LogP contribution in [0.1, 0.15) is 32.6 Å². The Morgan fingerprint density at radius 2 is 2.06 bits per heavy atom. The number of rotatable bonds is 4. The minimum Gasteiger partial charge on any atom is -0.393 e. The van der Waals surface area contributed by atoms with E-state index < -0.39 is 6.10 Å². The van der Waals surface area contributed by atoms with E-state index in [0.29, 0.717) is 11.7 Å². The maximum atomic E-state index is 9.78. The Morgan fingerprint density at radius 1 is 1.33 bits per heavy atom. The normalized spacial score (nSPS) is 15.0. The van der Waals surface area contributed by atoms with E-state index in [1.807, 2.05) is 27.1 Å². The van der Waals surface area contributed by atoms with Crippen LogP contribution in [0, 0.1) is 5.92 Å². The van der Waals surface area contributed by atoms with Gasteiger partial charge < -0.3 is 9.63 Å². The molecule has 1 N–H and O–H groups in total. The summed E-state index contributed by atoms with van der Waals surface area (Å²) in [6.07, 6.45) is 2.98. The molecule has 2 atom stereocenters. The molecule has 2 heterocycles. The van der Waals surface area contributed by atoms with Crippen molar-refractivity contribution in [1.82, 2.24) is 19.9 Å². The van der Waals surface area contributed by atoms with Crippen molar-refractivity contribution in [3.8, 4) is 11.4 Å². The zero-order valence-electron chi connectivity index (χ0n) is 11.0. The lowest BCUT2D eigenvalue weighted by Gasteiger charge is -2.19. The average Bonchev–Trinajstić information content (AvgIpc) is 2.85. The first-order valence-corrected chi connectivity index (χ1v) is 5.99. The molecule has 0 saturated carbocycles. The van der Waals surface area contributed by atoms with Crippen molar-refractivity contribution in [2.75, 3.05) is 0 Å². The van der Waals surface area contributed by atoms with E-state index in [1.54, 1.807) is 17.8 Å². The number of hydrogen-bond acceptors (Lipinski definition) is 5. The molecule has 0 aromatic carbocycles. The summed E-state index contributed by atoms with van der Waals surface area (Å²) < 4.78 is 6.94. The molecule has 0 fully saturated rings. The van der Waals surface area contributed by atoms with Crippen LogP contribution in [0.2, 0.25) is 0 Å². The Balaban J connectivity index is 2.29. The summed E-state index contributed by atoms with van der Waals surface area (Å²) in [5.41, 5.74) is 0.806. The van der Waals surface area contributed by atoms with Gasteiger partial charge in [0.25, 0.3) is 0 Å². The van der Waals surface area contributed by atoms with Gasteiger partial charge in [-0.3, -0.25) is 4.68 Å². The zero-order chi connectivity index (χ0) is 13.3. The Bertz CT molecular complexity index is 508. The molecule has 0 amide bonds. The molecule has 0 aliphatic rings. The van der Waals surface area contributed by atoms with Gasteiger partial charge in [0.15, 0.2) is 0 Å². The summed E-state index contributed by atoms with van der Waals surface area (Å²) in [4.78, 5) is 4.35. The summed E-state index contributed by atoms with van der Waals surface area (Å²) in [7, 11) is 1.83. The van der Waals surface area contributed by atoms with Gasteiger partial charge in [0.05, 0.1) is 23.8 Å². The Labute approximate surface area is 106 Å². The van der Waals surface area contributed by atoms with Crippen LogP contribution < -0.4 is 0 Å². The molecule has 0 spiro atoms. The SMILES string of the molecule is CC(C)C(c1nc(-c2cnn(C)c2)no1)C(C)O. The molecular formula is C12H18N4O2. The molecule has 0 aliphatic carbocycles. The Kier molecular flexibility index (Phi) is 3.47. The van der Waals surface area contributed by atoms with Gasteiger partial charge >= 0.3 is 0 Å². The molecule has 0 bridgehead atoms. The molecule has 98 valence electrons. The molecule has 0 aliphatic heterocycles. The molecule has 6 heteroatoms. The largest absolute Gasteiger partial charge is 0.393 e. The third kappa shape index (κ3) is 2.43. The predicted molar refractivity (Wildman–Crippen MR) is 65.8 cm³/mol. The van der Waals surface area contributed by atoms with Gasteiger partial charge in [0.1, 0.15) is 0 Å². The van der Waals surface area contributed by atoms with Crippen LogP contribution in [-0.2, 0) is 7.05 Å². The van der Waals surface area contributed by atoms with Crippen LogP contribution in [0.25, 0.3) is 11.4 Å². The van der Waals surface area contributed by atoms with Gasteiger partial charge in [0, 0.05) is 13.2 Å². The number of aromatic nitrogens is 4. The molecular weight excluding hydrogens is 232 g/mol. The lowest BCUT2D eigenvalue weighted by atomic mass is 9.91. The Morgan fingerprint density at radius 3 is 2.56 bits per heavy atom. The summed E-state index contributed by atoms with van der Waals surface area (Å²) in [6.45, 7) is 5.77. The van der Waals surface area contributed by atoms with E-state index in [2.05, 4.69) is 15.2 Å². The second kappa shape index (κ2) is 4.89. The van der Waals surface area contributed by atoms with Crippen molar-refractivity contribution in [1.29, 1.82) is 0 Å². The number of nitrogens with zero attached hydrogens (tertiary/aromatic N) is 4. The highest BCUT2D eigenvalue weighted by atomic mass is 16.5. The van der Waals surface area contributed by atoms with Crippen LogP contribution in [0.4, 0.5) is 0 Å². The third-order valence-corrected chi connectivity index (χ3v) is 2.93. The summed E-state index contributed by atoms with van der Waals surface area (Å²) in [5.74, 6) is 1.05. The van der Waals surface area contributed by atoms with E-state index in [4.69, 9.17) is 4.52 Å². The summed E-state index contributed by atoms with van der Waals surface area (Å²) >= 11 is 0. The predicted octanol–water partition coefficient (Wildman–Crippen LogP) is 1.59. The monoisotopic (exact) mass is 250 g/mol. The fourth-order valence-electron chi connectivity index (χ4n) is 2.07. The van der Waals surface area contributed by atoms with Crippen molar-refractivity contribution >= 4 is 0 Å². The standard InChI is InChI=1S/C12H18N4O2/c1-7(2)10(8(3)17)12-14-11(15-18-12)9-5-13-16(4)6-9/h5-8,10,17H,1-4H3. The fourth-order valence-corrected chi connectivity index (χ4v) is 2.07. The van der Waals surface area contributed by atoms with E-state index in [0.717, 1.165) is 5.56 Å². The molecule has 2 aromatic heterocycles. The lowest BCUT2D eigenvalue weighted by Crippen LogP contribution is -2.20. The van der Waals surface area contributed by atoms with Gasteiger partial charge in [-0.25, -0.2) is 0 Å². The van der Waals surface area contributed by atoms with Gasteiger partial charge in [-0.15, -0.1) is 0 Å². The van der Waals surface area contributed by atoms with E-state index in [1.165, 1.54) is 0 Å². The maximum absolute atomic E-state index is 9.78. The number of aliphatic hydroxyl groups excluding tert-OH is 1. The fraction of sp³-hybridized carbons (Fsp3) is 0.583. The molecule has 2 rings (SSSR count). The van der Waals surface area contributed by atoms with Crippen LogP contribution in [0.15, 0.2) is 16.9 Å². The molecule has 0 radical (unpaired) electrons. The van der Waals surface area contributed by atoms with Crippen molar-refractivity contribution in [2.45, 2.75) is 32.8 Å². The van der Waals surface area contributed by atoms with E-state index >= 15 is 0 Å². The van der Waals surface area contributed by atoms with E-state index in [-0.39, 0.29) is 11.8 Å². The first-order valence-electron chi connectivity index (χ1n) is 5.99. The van der Waals surface area contributed by atoms with Crippen LogP contribution in [-0.4, -0.2) is 31.1 Å². The molecule has 6 nitrogen and oxygen atoms in total. The van der Waals surface area contributed by atoms with Crippen LogP contribution >= 0.6 is 0 Å². The van der Waals surface area contributed by atoms with E-state index in [9.17, 15) is 5.11 Å². The molecule has 0 saturated heterocycles. The maximum Gasteiger partial charge on any atom is 0.232 e. The highest BCUT2D eigenvalue weighted by Crippen LogP contribution is 2.28. The highest BCUT2D eigenvalue weighted by Gasteiger charge is 2.27. The van der Waals surface area contributed by atoms with Gasteiger partial charge in [-0.1, -0.05) is 19.0 Å². The zero-order valence-corrected chi connectivity index (χ0v) is 11.0. The molecule has 18 heavy (non-hydrogen) atoms. The van der Waals surface area contributed by atoms with Crippen LogP contribution in [0.3, 0.4) is 0 Å². The van der Waals surface area contributed by atoms with Crippen molar-refractivity contribution in [3.05, 3.63) is 18.3 Å². The quantitative estimate of drug-likeness (QED) is 0.891. The van der Waals surface area contributed by atoms with Crippen molar-refractivity contribution in [2.24, 2.45) is 13.0 Å². The highest BCUT2D eigenvalue weighted by molar-refractivity contribution is 5.51. The minimum absolute atomic E-state index is 0.150. The first kappa shape index (κ1) is 12.8. The van der Waals surface area contributed by atoms with Gasteiger partial charge in [-0.2, -0.15) is 10.1 Å². The second-order valence-corrected chi connectivity index (χ2v) is 4.87. The second-order valence-electron chi connectivity index (χ2n) is 4.87. The molecule has 2 aromatic rings. The third-order valence-electron chi connectivity index (χ3n) is 2.93. The van der Waals surface area contributed by atoms with Crippen molar-refractivity contribution in [3.63, 3.8) is 0 Å². The topological polar surface area (TPSA) is 77.0 Å². The van der Waals surface area contributed by atoms with Gasteiger partial charge in [-0.05, 0) is 12.8 Å². The number of aryl methyl sites for hydroxylation is 1. The lowest BCUT2D eigenvalue weighted by molar-refractivity contribution is 0.120. The minimum atomic E-state index is -0.521. The summed E-state index contributed by atoms with van der Waals surface area (Å²) in [5, 5.41) is 17.8. The van der Waals surface area contributed by atoms with Crippen LogP contribution in [0.5, 0.6) is 0 Å².